The van der Waals surface area contributed by atoms with E-state index >= 15 is 0 Å². The van der Waals surface area contributed by atoms with Crippen LogP contribution in [-0.4, -0.2) is 28.0 Å². The molecule has 1 aliphatic carbocycles. The van der Waals surface area contributed by atoms with E-state index in [-0.39, 0.29) is 11.2 Å². The smallest absolute Gasteiger partial charge is 0.231 e. The highest BCUT2D eigenvalue weighted by atomic mass is 35.5. The molecule has 5 nitrogen and oxygen atoms in total. The van der Waals surface area contributed by atoms with Crippen molar-refractivity contribution in [3.05, 3.63) is 5.28 Å². The van der Waals surface area contributed by atoms with E-state index in [1.54, 1.807) is 0 Å². The molecule has 0 aromatic carbocycles. The average Bonchev–Trinajstić information content (AvgIpc) is 2.55. The fraction of sp³-hybridized carbons (Fsp3) is 0.727. The summed E-state index contributed by atoms with van der Waals surface area (Å²) in [5.41, 5.74) is 5.58. The van der Waals surface area contributed by atoms with Crippen LogP contribution in [0, 0.1) is 0 Å². The van der Waals surface area contributed by atoms with Crippen LogP contribution in [0.3, 0.4) is 0 Å². The number of halogens is 1. The van der Waals surface area contributed by atoms with Crippen molar-refractivity contribution < 1.29 is 0 Å². The molecule has 2 N–H and O–H groups in total. The van der Waals surface area contributed by atoms with Gasteiger partial charge in [0.15, 0.2) is 0 Å². The van der Waals surface area contributed by atoms with Crippen LogP contribution < -0.4 is 10.6 Å². The molecular weight excluding hydrogens is 238 g/mol. The minimum atomic E-state index is 0.160. The fourth-order valence-electron chi connectivity index (χ4n) is 2.32. The Hall–Kier alpha value is -1.10. The number of hydrogen-bond acceptors (Lipinski definition) is 5. The normalized spacial score (nSPS) is 17.8. The zero-order valence-corrected chi connectivity index (χ0v) is 10.8. The third-order valence-corrected chi connectivity index (χ3v) is 3.47. The Morgan fingerprint density at radius 2 is 1.76 bits per heavy atom. The van der Waals surface area contributed by atoms with E-state index in [4.69, 9.17) is 17.3 Å². The van der Waals surface area contributed by atoms with Crippen LogP contribution in [0.4, 0.5) is 11.9 Å². The van der Waals surface area contributed by atoms with E-state index in [0.29, 0.717) is 12.0 Å². The van der Waals surface area contributed by atoms with Crippen molar-refractivity contribution in [3.63, 3.8) is 0 Å². The van der Waals surface area contributed by atoms with Crippen LogP contribution in [0.1, 0.15) is 38.5 Å². The molecule has 0 saturated heterocycles. The van der Waals surface area contributed by atoms with Gasteiger partial charge in [0.05, 0.1) is 0 Å². The van der Waals surface area contributed by atoms with E-state index in [1.807, 2.05) is 7.05 Å². The molecule has 0 radical (unpaired) electrons. The van der Waals surface area contributed by atoms with E-state index in [0.717, 1.165) is 0 Å². The van der Waals surface area contributed by atoms with Crippen LogP contribution in [0.2, 0.25) is 5.28 Å². The highest BCUT2D eigenvalue weighted by Gasteiger charge is 2.19. The number of rotatable bonds is 2. The number of aromatic nitrogens is 3. The molecule has 1 aliphatic rings. The lowest BCUT2D eigenvalue weighted by Gasteiger charge is -2.27. The average molecular weight is 256 g/mol. The third kappa shape index (κ3) is 3.19. The van der Waals surface area contributed by atoms with Gasteiger partial charge in [-0.05, 0) is 24.4 Å². The van der Waals surface area contributed by atoms with Crippen LogP contribution in [0.5, 0.6) is 0 Å². The zero-order chi connectivity index (χ0) is 12.3. The molecule has 0 amide bonds. The molecule has 1 fully saturated rings. The van der Waals surface area contributed by atoms with Crippen molar-refractivity contribution in [2.24, 2.45) is 0 Å². The van der Waals surface area contributed by atoms with Gasteiger partial charge >= 0.3 is 0 Å². The molecule has 0 aliphatic heterocycles. The summed E-state index contributed by atoms with van der Waals surface area (Å²) in [6.07, 6.45) is 7.54. The van der Waals surface area contributed by atoms with Crippen molar-refractivity contribution in [2.75, 3.05) is 17.7 Å². The summed E-state index contributed by atoms with van der Waals surface area (Å²) in [6.45, 7) is 0. The summed E-state index contributed by atoms with van der Waals surface area (Å²) in [4.78, 5) is 14.1. The van der Waals surface area contributed by atoms with E-state index in [9.17, 15) is 0 Å². The summed E-state index contributed by atoms with van der Waals surface area (Å²) in [7, 11) is 2.00. The lowest BCUT2D eigenvalue weighted by molar-refractivity contribution is 0.544. The van der Waals surface area contributed by atoms with Gasteiger partial charge in [-0.15, -0.1) is 0 Å². The van der Waals surface area contributed by atoms with E-state index in [2.05, 4.69) is 19.9 Å². The highest BCUT2D eigenvalue weighted by Crippen LogP contribution is 2.24. The number of nitrogens with zero attached hydrogens (tertiary/aromatic N) is 4. The molecule has 0 spiro atoms. The summed E-state index contributed by atoms with van der Waals surface area (Å²) in [5.74, 6) is 0.759. The van der Waals surface area contributed by atoms with Crippen molar-refractivity contribution in [2.45, 2.75) is 44.6 Å². The van der Waals surface area contributed by atoms with Crippen molar-refractivity contribution in [1.29, 1.82) is 0 Å². The molecule has 0 unspecified atom stereocenters. The Morgan fingerprint density at radius 1 is 1.12 bits per heavy atom. The number of hydrogen-bond donors (Lipinski definition) is 1. The summed E-state index contributed by atoms with van der Waals surface area (Å²) >= 11 is 5.80. The maximum atomic E-state index is 5.80. The Labute approximate surface area is 106 Å². The van der Waals surface area contributed by atoms with E-state index in [1.165, 1.54) is 38.5 Å². The monoisotopic (exact) mass is 255 g/mol. The number of anilines is 2. The van der Waals surface area contributed by atoms with Crippen molar-refractivity contribution >= 4 is 23.5 Å². The van der Waals surface area contributed by atoms with Gasteiger partial charge < -0.3 is 10.6 Å². The summed E-state index contributed by atoms with van der Waals surface area (Å²) in [5, 5.41) is 0.160. The minimum absolute atomic E-state index is 0.160. The first-order valence-corrected chi connectivity index (χ1v) is 6.44. The highest BCUT2D eigenvalue weighted by molar-refractivity contribution is 6.28. The second-order valence-corrected chi connectivity index (χ2v) is 4.86. The predicted octanol–water partition coefficient (Wildman–Crippen LogP) is 2.27. The largest absolute Gasteiger partial charge is 0.368 e. The Balaban J connectivity index is 2.14. The molecule has 1 saturated carbocycles. The number of nitrogen functional groups attached to an aromatic ring is 1. The lowest BCUT2D eigenvalue weighted by atomic mass is 10.1. The molecule has 6 heteroatoms. The Kier molecular flexibility index (Phi) is 3.99. The molecular formula is C11H18ClN5. The maximum Gasteiger partial charge on any atom is 0.231 e. The molecule has 17 heavy (non-hydrogen) atoms. The second-order valence-electron chi connectivity index (χ2n) is 4.52. The SMILES string of the molecule is CN(c1nc(N)nc(Cl)n1)C1CCCCCC1. The summed E-state index contributed by atoms with van der Waals surface area (Å²) in [6, 6.07) is 0.482. The van der Waals surface area contributed by atoms with Crippen LogP contribution >= 0.6 is 11.6 Å². The quantitative estimate of drug-likeness (QED) is 0.821. The fourth-order valence-corrected chi connectivity index (χ4v) is 2.48. The maximum absolute atomic E-state index is 5.80. The van der Waals surface area contributed by atoms with Gasteiger partial charge in [-0.3, -0.25) is 0 Å². The number of nitrogens with two attached hydrogens (primary N) is 1. The van der Waals surface area contributed by atoms with Gasteiger partial charge in [-0.25, -0.2) is 0 Å². The van der Waals surface area contributed by atoms with Gasteiger partial charge in [0.1, 0.15) is 0 Å². The molecule has 1 aromatic rings. The summed E-state index contributed by atoms with van der Waals surface area (Å²) < 4.78 is 0. The van der Waals surface area contributed by atoms with Gasteiger partial charge in [-0.2, -0.15) is 15.0 Å². The molecule has 1 aromatic heterocycles. The predicted molar refractivity (Wildman–Crippen MR) is 69.1 cm³/mol. The first-order valence-electron chi connectivity index (χ1n) is 6.06. The molecule has 1 heterocycles. The van der Waals surface area contributed by atoms with Crippen LogP contribution in [0.15, 0.2) is 0 Å². The Bertz CT molecular complexity index is 356. The zero-order valence-electron chi connectivity index (χ0n) is 10.1. The first kappa shape index (κ1) is 12.4. The third-order valence-electron chi connectivity index (χ3n) is 3.30. The van der Waals surface area contributed by atoms with Gasteiger partial charge in [0.25, 0.3) is 0 Å². The molecule has 0 atom stereocenters. The standard InChI is InChI=1S/C11H18ClN5/c1-17(8-6-4-2-3-5-7-8)11-15-9(12)14-10(13)16-11/h8H,2-7H2,1H3,(H2,13,14,15,16). The van der Waals surface area contributed by atoms with Crippen LogP contribution in [-0.2, 0) is 0 Å². The Morgan fingerprint density at radius 3 is 2.35 bits per heavy atom. The molecule has 94 valence electrons. The van der Waals surface area contributed by atoms with Crippen LogP contribution in [0.25, 0.3) is 0 Å². The van der Waals surface area contributed by atoms with Gasteiger partial charge in [0, 0.05) is 13.1 Å². The molecule has 2 rings (SSSR count). The van der Waals surface area contributed by atoms with Crippen molar-refractivity contribution in [1.82, 2.24) is 15.0 Å². The topological polar surface area (TPSA) is 67.9 Å². The molecule has 0 bridgehead atoms. The van der Waals surface area contributed by atoms with Crippen molar-refractivity contribution in [3.8, 4) is 0 Å². The van der Waals surface area contributed by atoms with Gasteiger partial charge in [-0.1, -0.05) is 25.7 Å². The van der Waals surface area contributed by atoms with Gasteiger partial charge in [0.2, 0.25) is 17.2 Å². The van der Waals surface area contributed by atoms with E-state index < -0.39 is 0 Å². The first-order chi connectivity index (χ1) is 8.16. The minimum Gasteiger partial charge on any atom is -0.368 e. The second kappa shape index (κ2) is 5.49. The lowest BCUT2D eigenvalue weighted by Crippen LogP contribution is -2.32.